The number of hydrogen-bond donors (Lipinski definition) is 0. The minimum Gasteiger partial charge on any atom is -0.348 e. The molecule has 2 heterocycles. The van der Waals surface area contributed by atoms with Gasteiger partial charge < -0.3 is 4.57 Å². The van der Waals surface area contributed by atoms with E-state index < -0.39 is 0 Å². The van der Waals surface area contributed by atoms with Crippen LogP contribution in [0.15, 0.2) is 78.1 Å². The molecule has 0 radical (unpaired) electrons. The molecule has 2 aromatic carbocycles. The van der Waals surface area contributed by atoms with Gasteiger partial charge in [-0.05, 0) is 42.0 Å². The number of aromatic nitrogens is 4. The van der Waals surface area contributed by atoms with E-state index in [0.29, 0.717) is 23.2 Å². The van der Waals surface area contributed by atoms with Crippen molar-refractivity contribution in [1.82, 2.24) is 19.3 Å². The van der Waals surface area contributed by atoms with E-state index in [1.54, 1.807) is 12.1 Å². The number of Topliss-reactive ketones (excluding diaryl/α,β-unsaturated/α-hetero) is 1. The van der Waals surface area contributed by atoms with Crippen molar-refractivity contribution in [1.29, 1.82) is 0 Å². The van der Waals surface area contributed by atoms with E-state index in [1.165, 1.54) is 23.9 Å². The maximum absolute atomic E-state index is 13.3. The standard InChI is InChI=1S/C22H19FN4OS/c1-26-13-5-8-19(26)20(28)15-29-22-25-24-21(17-9-11-18(23)12-10-17)27(22)14-16-6-3-2-4-7-16/h2-13H,14-15H2,1H3. The van der Waals surface area contributed by atoms with E-state index in [-0.39, 0.29) is 17.4 Å². The Bertz CT molecular complexity index is 1120. The normalized spacial score (nSPS) is 11.0. The van der Waals surface area contributed by atoms with Gasteiger partial charge in [-0.2, -0.15) is 0 Å². The lowest BCUT2D eigenvalue weighted by atomic mass is 10.2. The van der Waals surface area contributed by atoms with Gasteiger partial charge >= 0.3 is 0 Å². The van der Waals surface area contributed by atoms with Crippen LogP contribution >= 0.6 is 11.8 Å². The van der Waals surface area contributed by atoms with Gasteiger partial charge in [0.25, 0.3) is 0 Å². The third-order valence-corrected chi connectivity index (χ3v) is 5.53. The molecule has 4 aromatic rings. The summed E-state index contributed by atoms with van der Waals surface area (Å²) in [6.45, 7) is 0.557. The van der Waals surface area contributed by atoms with Crippen LogP contribution in [-0.2, 0) is 13.6 Å². The number of thioether (sulfide) groups is 1. The maximum Gasteiger partial charge on any atom is 0.192 e. The van der Waals surface area contributed by atoms with Crippen molar-refractivity contribution in [3.8, 4) is 11.4 Å². The number of ketones is 1. The van der Waals surface area contributed by atoms with Crippen LogP contribution in [0.4, 0.5) is 4.39 Å². The van der Waals surface area contributed by atoms with E-state index in [1.807, 2.05) is 64.8 Å². The molecule has 0 bridgehead atoms. The molecule has 0 fully saturated rings. The number of nitrogens with zero attached hydrogens (tertiary/aromatic N) is 4. The SMILES string of the molecule is Cn1cccc1C(=O)CSc1nnc(-c2ccc(F)cc2)n1Cc1ccccc1. The van der Waals surface area contributed by atoms with Crippen molar-refractivity contribution >= 4 is 17.5 Å². The summed E-state index contributed by atoms with van der Waals surface area (Å²) in [7, 11) is 1.85. The van der Waals surface area contributed by atoms with Crippen molar-refractivity contribution in [2.45, 2.75) is 11.7 Å². The zero-order valence-corrected chi connectivity index (χ0v) is 16.6. The first kappa shape index (κ1) is 19.1. The Morgan fingerprint density at radius 2 is 1.76 bits per heavy atom. The Morgan fingerprint density at radius 1 is 1.00 bits per heavy atom. The second-order valence-corrected chi connectivity index (χ2v) is 7.54. The van der Waals surface area contributed by atoms with Crippen molar-refractivity contribution in [2.24, 2.45) is 7.05 Å². The van der Waals surface area contributed by atoms with Gasteiger partial charge in [-0.3, -0.25) is 9.36 Å². The summed E-state index contributed by atoms with van der Waals surface area (Å²) in [5, 5.41) is 9.28. The summed E-state index contributed by atoms with van der Waals surface area (Å²) in [6, 6.07) is 19.8. The van der Waals surface area contributed by atoms with E-state index in [4.69, 9.17) is 0 Å². The Balaban J connectivity index is 1.63. The highest BCUT2D eigenvalue weighted by molar-refractivity contribution is 7.99. The lowest BCUT2D eigenvalue weighted by Gasteiger charge is -2.10. The Kier molecular flexibility index (Phi) is 5.57. The first-order valence-corrected chi connectivity index (χ1v) is 10.1. The summed E-state index contributed by atoms with van der Waals surface area (Å²) in [4.78, 5) is 12.5. The fourth-order valence-electron chi connectivity index (χ4n) is 3.07. The first-order valence-electron chi connectivity index (χ1n) is 9.12. The molecule has 0 saturated heterocycles. The summed E-state index contributed by atoms with van der Waals surface area (Å²) in [5.74, 6) is 0.627. The van der Waals surface area contributed by atoms with E-state index >= 15 is 0 Å². The average molecular weight is 406 g/mol. The van der Waals surface area contributed by atoms with Gasteiger partial charge in [0.05, 0.1) is 18.0 Å². The molecule has 146 valence electrons. The van der Waals surface area contributed by atoms with Gasteiger partial charge in [0.1, 0.15) is 5.82 Å². The van der Waals surface area contributed by atoms with Gasteiger partial charge in [0.2, 0.25) is 0 Å². The number of aryl methyl sites for hydroxylation is 1. The van der Waals surface area contributed by atoms with Crippen LogP contribution in [0, 0.1) is 5.82 Å². The largest absolute Gasteiger partial charge is 0.348 e. The monoisotopic (exact) mass is 406 g/mol. The summed E-state index contributed by atoms with van der Waals surface area (Å²) >= 11 is 1.35. The highest BCUT2D eigenvalue weighted by Crippen LogP contribution is 2.26. The lowest BCUT2D eigenvalue weighted by Crippen LogP contribution is -2.09. The highest BCUT2D eigenvalue weighted by atomic mass is 32.2. The van der Waals surface area contributed by atoms with E-state index in [0.717, 1.165) is 11.1 Å². The zero-order valence-electron chi connectivity index (χ0n) is 15.8. The predicted molar refractivity (Wildman–Crippen MR) is 111 cm³/mol. The van der Waals surface area contributed by atoms with Crippen molar-refractivity contribution in [2.75, 3.05) is 5.75 Å². The Morgan fingerprint density at radius 3 is 2.45 bits per heavy atom. The number of carbonyl (C=O) groups is 1. The molecule has 5 nitrogen and oxygen atoms in total. The molecule has 7 heteroatoms. The maximum atomic E-state index is 13.3. The van der Waals surface area contributed by atoms with Gasteiger partial charge in [-0.15, -0.1) is 10.2 Å². The molecule has 0 aliphatic heterocycles. The highest BCUT2D eigenvalue weighted by Gasteiger charge is 2.17. The minimum atomic E-state index is -0.300. The van der Waals surface area contributed by atoms with Crippen LogP contribution in [0.3, 0.4) is 0 Å². The van der Waals surface area contributed by atoms with Crippen molar-refractivity contribution in [3.63, 3.8) is 0 Å². The second-order valence-electron chi connectivity index (χ2n) is 6.60. The molecule has 0 saturated carbocycles. The molecular weight excluding hydrogens is 387 g/mol. The van der Waals surface area contributed by atoms with Crippen molar-refractivity contribution < 1.29 is 9.18 Å². The molecule has 0 spiro atoms. The third-order valence-electron chi connectivity index (χ3n) is 4.56. The number of rotatable bonds is 7. The molecule has 29 heavy (non-hydrogen) atoms. The molecule has 0 aliphatic carbocycles. The molecule has 0 unspecified atom stereocenters. The predicted octanol–water partition coefficient (Wildman–Crippen LogP) is 4.45. The lowest BCUT2D eigenvalue weighted by molar-refractivity contribution is 0.101. The molecule has 0 N–H and O–H groups in total. The molecule has 2 aromatic heterocycles. The van der Waals surface area contributed by atoms with Crippen LogP contribution in [0.2, 0.25) is 0 Å². The Hall–Kier alpha value is -3.19. The number of halogens is 1. The summed E-state index contributed by atoms with van der Waals surface area (Å²) in [6.07, 6.45) is 1.85. The zero-order chi connectivity index (χ0) is 20.2. The smallest absolute Gasteiger partial charge is 0.192 e. The molecule has 4 rings (SSSR count). The Labute approximate surface area is 172 Å². The summed E-state index contributed by atoms with van der Waals surface area (Å²) in [5.41, 5.74) is 2.52. The molecule has 0 amide bonds. The number of carbonyl (C=O) groups excluding carboxylic acids is 1. The van der Waals surface area contributed by atoms with Crippen molar-refractivity contribution in [3.05, 3.63) is 90.0 Å². The number of hydrogen-bond acceptors (Lipinski definition) is 4. The minimum absolute atomic E-state index is 0.0279. The average Bonchev–Trinajstić information content (AvgIpc) is 3.34. The topological polar surface area (TPSA) is 52.7 Å². The molecule has 0 atom stereocenters. The van der Waals surface area contributed by atoms with Gasteiger partial charge in [-0.1, -0.05) is 42.1 Å². The molecular formula is C22H19FN4OS. The van der Waals surface area contributed by atoms with Crippen LogP contribution in [0.25, 0.3) is 11.4 Å². The fraction of sp³-hybridized carbons (Fsp3) is 0.136. The van der Waals surface area contributed by atoms with Crippen LogP contribution in [0.1, 0.15) is 16.1 Å². The fourth-order valence-corrected chi connectivity index (χ4v) is 3.88. The third kappa shape index (κ3) is 4.30. The summed E-state index contributed by atoms with van der Waals surface area (Å²) < 4.78 is 17.1. The quantitative estimate of drug-likeness (QED) is 0.336. The van der Waals surface area contributed by atoms with Gasteiger partial charge in [0.15, 0.2) is 16.8 Å². The van der Waals surface area contributed by atoms with E-state index in [2.05, 4.69) is 10.2 Å². The first-order chi connectivity index (χ1) is 14.1. The van der Waals surface area contributed by atoms with Crippen LogP contribution in [-0.4, -0.2) is 30.9 Å². The van der Waals surface area contributed by atoms with Crippen LogP contribution < -0.4 is 0 Å². The van der Waals surface area contributed by atoms with Gasteiger partial charge in [-0.25, -0.2) is 4.39 Å². The van der Waals surface area contributed by atoms with Crippen LogP contribution in [0.5, 0.6) is 0 Å². The van der Waals surface area contributed by atoms with E-state index in [9.17, 15) is 9.18 Å². The molecule has 0 aliphatic rings. The van der Waals surface area contributed by atoms with Gasteiger partial charge in [0, 0.05) is 18.8 Å². The number of benzene rings is 2. The second kappa shape index (κ2) is 8.45.